The fraction of sp³-hybridized carbons (Fsp3) is 0.667. The Morgan fingerprint density at radius 1 is 1.29 bits per heavy atom. The van der Waals surface area contributed by atoms with Crippen molar-refractivity contribution < 1.29 is 9.84 Å². The molecule has 1 saturated carbocycles. The van der Waals surface area contributed by atoms with Crippen molar-refractivity contribution in [3.8, 4) is 5.75 Å². The highest BCUT2D eigenvalue weighted by Gasteiger charge is 2.31. The van der Waals surface area contributed by atoms with Crippen molar-refractivity contribution in [2.75, 3.05) is 19.8 Å². The Labute approximate surface area is 127 Å². The van der Waals surface area contributed by atoms with Crippen molar-refractivity contribution in [1.29, 1.82) is 0 Å². The number of ether oxygens (including phenoxy) is 1. The average Bonchev–Trinajstić information content (AvgIpc) is 3.21. The number of aryl methyl sites for hydroxylation is 1. The summed E-state index contributed by atoms with van der Waals surface area (Å²) in [5.41, 5.74) is 3.77. The minimum absolute atomic E-state index is 0.290. The summed E-state index contributed by atoms with van der Waals surface area (Å²) in [5.74, 6) is 1.82. The van der Waals surface area contributed by atoms with Crippen LogP contribution in [0.3, 0.4) is 0 Å². The van der Waals surface area contributed by atoms with Gasteiger partial charge in [0.05, 0.1) is 0 Å². The lowest BCUT2D eigenvalue weighted by Crippen LogP contribution is -2.22. The third-order valence-corrected chi connectivity index (χ3v) is 4.82. The Morgan fingerprint density at radius 2 is 2.10 bits per heavy atom. The van der Waals surface area contributed by atoms with E-state index in [-0.39, 0.29) is 0 Å². The molecule has 1 aromatic rings. The maximum Gasteiger partial charge on any atom is 0.120 e. The number of aromatic hydroxyl groups is 1. The summed E-state index contributed by atoms with van der Waals surface area (Å²) in [4.78, 5) is 0. The van der Waals surface area contributed by atoms with Crippen LogP contribution < -0.4 is 5.32 Å². The monoisotopic (exact) mass is 289 g/mol. The second-order valence-electron chi connectivity index (χ2n) is 6.74. The van der Waals surface area contributed by atoms with Crippen LogP contribution in [0.25, 0.3) is 0 Å². The number of phenols is 1. The molecule has 21 heavy (non-hydrogen) atoms. The molecule has 2 aliphatic carbocycles. The molecule has 2 aliphatic rings. The molecule has 0 bridgehead atoms. The van der Waals surface area contributed by atoms with E-state index in [1.54, 1.807) is 0 Å². The zero-order chi connectivity index (χ0) is 14.8. The molecule has 0 heterocycles. The Hall–Kier alpha value is -1.06. The normalized spacial score (nSPS) is 24.3. The zero-order valence-electron chi connectivity index (χ0n) is 13.2. The van der Waals surface area contributed by atoms with Gasteiger partial charge in [0.15, 0.2) is 0 Å². The zero-order valence-corrected chi connectivity index (χ0v) is 13.2. The molecule has 116 valence electrons. The molecular formula is C18H27NO2. The highest BCUT2D eigenvalue weighted by molar-refractivity contribution is 5.50. The van der Waals surface area contributed by atoms with Crippen LogP contribution in [0.1, 0.15) is 61.3 Å². The van der Waals surface area contributed by atoms with Gasteiger partial charge in [0.2, 0.25) is 0 Å². The predicted octanol–water partition coefficient (Wildman–Crippen LogP) is 3.66. The Morgan fingerprint density at radius 3 is 2.86 bits per heavy atom. The van der Waals surface area contributed by atoms with Gasteiger partial charge in [-0.3, -0.25) is 0 Å². The number of nitrogens with one attached hydrogen (secondary N) is 1. The van der Waals surface area contributed by atoms with Crippen LogP contribution in [0.5, 0.6) is 5.75 Å². The van der Waals surface area contributed by atoms with Crippen molar-refractivity contribution in [2.24, 2.45) is 5.92 Å². The number of hydrogen-bond donors (Lipinski definition) is 2. The van der Waals surface area contributed by atoms with Gasteiger partial charge in [-0.05, 0) is 68.2 Å². The van der Waals surface area contributed by atoms with Crippen LogP contribution in [-0.2, 0) is 4.74 Å². The van der Waals surface area contributed by atoms with E-state index in [9.17, 15) is 5.11 Å². The molecule has 0 aliphatic heterocycles. The van der Waals surface area contributed by atoms with Gasteiger partial charge in [0.25, 0.3) is 0 Å². The van der Waals surface area contributed by atoms with E-state index in [1.165, 1.54) is 24.0 Å². The topological polar surface area (TPSA) is 41.5 Å². The summed E-state index contributed by atoms with van der Waals surface area (Å²) in [7, 11) is 0. The molecule has 2 N–H and O–H groups in total. The van der Waals surface area contributed by atoms with E-state index in [1.807, 2.05) is 12.1 Å². The van der Waals surface area contributed by atoms with Gasteiger partial charge in [0.1, 0.15) is 5.75 Å². The van der Waals surface area contributed by atoms with E-state index in [2.05, 4.69) is 19.2 Å². The second kappa shape index (κ2) is 6.37. The van der Waals surface area contributed by atoms with Crippen molar-refractivity contribution in [1.82, 2.24) is 5.32 Å². The molecule has 0 amide bonds. The largest absolute Gasteiger partial charge is 0.508 e. The molecule has 0 radical (unpaired) electrons. The lowest BCUT2D eigenvalue weighted by molar-refractivity contribution is 0.121. The Balaban J connectivity index is 1.50. The highest BCUT2D eigenvalue weighted by Crippen LogP contribution is 2.45. The van der Waals surface area contributed by atoms with Gasteiger partial charge >= 0.3 is 0 Å². The number of phenolic OH excluding ortho intramolecular Hbond substituents is 1. The van der Waals surface area contributed by atoms with Crippen LogP contribution in [0.15, 0.2) is 12.1 Å². The van der Waals surface area contributed by atoms with Crippen molar-refractivity contribution in [3.63, 3.8) is 0 Å². The lowest BCUT2D eigenvalue weighted by atomic mass is 9.97. The molecule has 0 spiro atoms. The SMILES string of the molecule is Cc1ccc(O)c2c1C(C)CC2NCCCOCC1CC1. The predicted molar refractivity (Wildman–Crippen MR) is 84.8 cm³/mol. The van der Waals surface area contributed by atoms with E-state index in [0.29, 0.717) is 17.7 Å². The first-order valence-electron chi connectivity index (χ1n) is 8.30. The summed E-state index contributed by atoms with van der Waals surface area (Å²) < 4.78 is 5.67. The van der Waals surface area contributed by atoms with Gasteiger partial charge in [-0.25, -0.2) is 0 Å². The summed E-state index contributed by atoms with van der Waals surface area (Å²) in [5, 5.41) is 13.8. The molecule has 2 atom stereocenters. The van der Waals surface area contributed by atoms with Crippen LogP contribution in [-0.4, -0.2) is 24.9 Å². The van der Waals surface area contributed by atoms with Crippen LogP contribution in [0.4, 0.5) is 0 Å². The smallest absolute Gasteiger partial charge is 0.120 e. The van der Waals surface area contributed by atoms with Gasteiger partial charge in [-0.15, -0.1) is 0 Å². The average molecular weight is 289 g/mol. The third kappa shape index (κ3) is 3.41. The Bertz CT molecular complexity index is 496. The van der Waals surface area contributed by atoms with Gasteiger partial charge in [-0.2, -0.15) is 0 Å². The molecule has 0 saturated heterocycles. The molecule has 2 unspecified atom stereocenters. The summed E-state index contributed by atoms with van der Waals surface area (Å²) in [6.45, 7) is 7.14. The molecule has 3 heteroatoms. The second-order valence-corrected chi connectivity index (χ2v) is 6.74. The van der Waals surface area contributed by atoms with Gasteiger partial charge in [0, 0.05) is 24.8 Å². The van der Waals surface area contributed by atoms with Crippen LogP contribution in [0.2, 0.25) is 0 Å². The first-order chi connectivity index (χ1) is 10.2. The van der Waals surface area contributed by atoms with Gasteiger partial charge in [-0.1, -0.05) is 13.0 Å². The summed E-state index contributed by atoms with van der Waals surface area (Å²) >= 11 is 0. The standard InChI is InChI=1S/C18H27NO2/c1-12-4-7-16(20)18-15(10-13(2)17(12)18)19-8-3-9-21-11-14-5-6-14/h4,7,13-15,19-20H,3,5-6,8-11H2,1-2H3. The van der Waals surface area contributed by atoms with Crippen molar-refractivity contribution in [3.05, 3.63) is 28.8 Å². The van der Waals surface area contributed by atoms with Gasteiger partial charge < -0.3 is 15.2 Å². The first-order valence-corrected chi connectivity index (χ1v) is 8.30. The molecule has 3 rings (SSSR count). The summed E-state index contributed by atoms with van der Waals surface area (Å²) in [6.07, 6.45) is 4.83. The first kappa shape index (κ1) is 14.9. The maximum absolute atomic E-state index is 10.2. The molecule has 0 aromatic heterocycles. The highest BCUT2D eigenvalue weighted by atomic mass is 16.5. The van der Waals surface area contributed by atoms with Crippen LogP contribution in [0, 0.1) is 12.8 Å². The molecule has 1 fully saturated rings. The maximum atomic E-state index is 10.2. The fourth-order valence-corrected chi connectivity index (χ4v) is 3.51. The minimum atomic E-state index is 0.290. The van der Waals surface area contributed by atoms with Crippen molar-refractivity contribution in [2.45, 2.75) is 51.5 Å². The van der Waals surface area contributed by atoms with E-state index in [4.69, 9.17) is 4.74 Å². The van der Waals surface area contributed by atoms with E-state index in [0.717, 1.165) is 44.1 Å². The summed E-state index contributed by atoms with van der Waals surface area (Å²) in [6, 6.07) is 4.15. The molecule has 1 aromatic carbocycles. The number of rotatable bonds is 7. The van der Waals surface area contributed by atoms with Crippen molar-refractivity contribution >= 4 is 0 Å². The lowest BCUT2D eigenvalue weighted by Gasteiger charge is -2.16. The minimum Gasteiger partial charge on any atom is -0.508 e. The van der Waals surface area contributed by atoms with E-state index >= 15 is 0 Å². The third-order valence-electron chi connectivity index (χ3n) is 4.82. The number of hydrogen-bond acceptors (Lipinski definition) is 3. The molecular weight excluding hydrogens is 262 g/mol. The Kier molecular flexibility index (Phi) is 4.51. The van der Waals surface area contributed by atoms with Crippen LogP contribution >= 0.6 is 0 Å². The number of benzene rings is 1. The number of fused-ring (bicyclic) bond motifs is 1. The van der Waals surface area contributed by atoms with E-state index < -0.39 is 0 Å². The molecule has 3 nitrogen and oxygen atoms in total. The quantitative estimate of drug-likeness (QED) is 0.753. The fourth-order valence-electron chi connectivity index (χ4n) is 3.51.